The number of aryl methyl sites for hydroxylation is 1. The van der Waals surface area contributed by atoms with E-state index in [0.29, 0.717) is 29.2 Å². The van der Waals surface area contributed by atoms with Crippen LogP contribution in [0.3, 0.4) is 0 Å². The third-order valence-electron chi connectivity index (χ3n) is 7.25. The minimum Gasteiger partial charge on any atom is -0.493 e. The predicted octanol–water partition coefficient (Wildman–Crippen LogP) is 7.57. The Bertz CT molecular complexity index is 1640. The first-order valence-corrected chi connectivity index (χ1v) is 15.6. The lowest BCUT2D eigenvalue weighted by atomic mass is 10.0. The molecule has 4 aromatic rings. The molecule has 2 heterocycles. The number of ether oxygens (including phenoxy) is 4. The minimum absolute atomic E-state index is 0.0301. The third kappa shape index (κ3) is 7.64. The van der Waals surface area contributed by atoms with Crippen molar-refractivity contribution >= 4 is 60.4 Å². The van der Waals surface area contributed by atoms with Gasteiger partial charge in [0.05, 0.1) is 38.2 Å². The van der Waals surface area contributed by atoms with Crippen molar-refractivity contribution < 1.29 is 42.8 Å². The first-order valence-electron chi connectivity index (χ1n) is 13.9. The Hall–Kier alpha value is -3.70. The largest absolute Gasteiger partial charge is 0.493 e. The fourth-order valence-corrected chi connectivity index (χ4v) is 6.59. The van der Waals surface area contributed by atoms with Crippen molar-refractivity contribution in [3.05, 3.63) is 45.9 Å². The summed E-state index contributed by atoms with van der Waals surface area (Å²) in [5.74, 6) is -1.34. The number of carboxylic acids is 1. The van der Waals surface area contributed by atoms with Gasteiger partial charge in [0, 0.05) is 50.6 Å². The van der Waals surface area contributed by atoms with E-state index in [1.807, 2.05) is 19.1 Å². The van der Waals surface area contributed by atoms with E-state index in [2.05, 4.69) is 6.07 Å². The summed E-state index contributed by atoms with van der Waals surface area (Å²) in [4.78, 5) is 36.7. The van der Waals surface area contributed by atoms with Crippen molar-refractivity contribution in [1.82, 2.24) is 0 Å². The van der Waals surface area contributed by atoms with Crippen LogP contribution < -0.4 is 18.9 Å². The number of benzene rings is 2. The number of Topliss-reactive ketones (excluding diaryl/α,β-unsaturated/α-hetero) is 2. The van der Waals surface area contributed by atoms with E-state index in [0.717, 1.165) is 34.3 Å². The fourth-order valence-electron chi connectivity index (χ4n) is 4.46. The van der Waals surface area contributed by atoms with Crippen LogP contribution in [0.1, 0.15) is 54.6 Å². The molecule has 11 heteroatoms. The number of hydrogen-bond donors (Lipinski definition) is 1. The monoisotopic (exact) mass is 630 g/mol. The Balaban J connectivity index is 1.39. The lowest BCUT2D eigenvalue weighted by Gasteiger charge is -2.13. The van der Waals surface area contributed by atoms with E-state index in [4.69, 9.17) is 24.1 Å². The zero-order valence-electron chi connectivity index (χ0n) is 24.8. The zero-order chi connectivity index (χ0) is 31.3. The van der Waals surface area contributed by atoms with E-state index in [1.54, 1.807) is 31.4 Å². The number of methoxy groups -OCH3 is 2. The summed E-state index contributed by atoms with van der Waals surface area (Å²) in [6, 6.07) is 9.05. The Morgan fingerprint density at radius 3 is 2.26 bits per heavy atom. The maximum atomic E-state index is 15.5. The van der Waals surface area contributed by atoms with Gasteiger partial charge in [-0.3, -0.25) is 14.4 Å². The highest BCUT2D eigenvalue weighted by Crippen LogP contribution is 2.41. The molecule has 230 valence electrons. The summed E-state index contributed by atoms with van der Waals surface area (Å²) in [5.41, 5.74) is 0. The van der Waals surface area contributed by atoms with Gasteiger partial charge in [0.25, 0.3) is 0 Å². The molecule has 43 heavy (non-hydrogen) atoms. The number of aliphatic carboxylic acids is 1. The smallest absolute Gasteiger partial charge is 0.306 e. The van der Waals surface area contributed by atoms with Crippen molar-refractivity contribution in [3.8, 4) is 23.0 Å². The molecule has 0 unspecified atom stereocenters. The number of carbonyl (C=O) groups excluding carboxylic acids is 2. The molecule has 0 saturated heterocycles. The third-order valence-corrected chi connectivity index (χ3v) is 9.54. The maximum absolute atomic E-state index is 15.5. The SMILES string of the molecule is COc1cc2sc(CC[C@H](C)C(C)=O)cc2cc1OCCCOc1c(OC)cc2sc(C(=O)C[C@H](C)C(=O)O)cc2c1F. The summed E-state index contributed by atoms with van der Waals surface area (Å²) in [6.07, 6.45) is 1.91. The molecule has 0 saturated carbocycles. The van der Waals surface area contributed by atoms with Gasteiger partial charge in [-0.05, 0) is 43.4 Å². The number of carbonyl (C=O) groups is 3. The normalized spacial score (nSPS) is 12.7. The molecular weight excluding hydrogens is 595 g/mol. The number of halogens is 1. The molecule has 8 nitrogen and oxygen atoms in total. The second-order valence-corrected chi connectivity index (χ2v) is 12.7. The minimum atomic E-state index is -1.06. The van der Waals surface area contributed by atoms with Crippen LogP contribution in [-0.2, 0) is 16.0 Å². The Labute approximate surface area is 257 Å². The molecule has 0 aliphatic carbocycles. The molecule has 0 bridgehead atoms. The molecule has 0 amide bonds. The first-order chi connectivity index (χ1) is 20.5. The van der Waals surface area contributed by atoms with Gasteiger partial charge in [-0.25, -0.2) is 4.39 Å². The lowest BCUT2D eigenvalue weighted by molar-refractivity contribution is -0.141. The summed E-state index contributed by atoms with van der Waals surface area (Å²) >= 11 is 2.76. The number of thiophene rings is 2. The van der Waals surface area contributed by atoms with Gasteiger partial charge in [0.1, 0.15) is 5.78 Å². The zero-order valence-corrected chi connectivity index (χ0v) is 26.4. The molecule has 0 aliphatic heterocycles. The number of rotatable bonds is 16. The Morgan fingerprint density at radius 2 is 1.58 bits per heavy atom. The van der Waals surface area contributed by atoms with Crippen LogP contribution in [0.5, 0.6) is 23.0 Å². The van der Waals surface area contributed by atoms with E-state index >= 15 is 4.39 Å². The van der Waals surface area contributed by atoms with Gasteiger partial charge in [-0.1, -0.05) is 13.8 Å². The number of hydrogen-bond acceptors (Lipinski definition) is 9. The van der Waals surface area contributed by atoms with Crippen LogP contribution >= 0.6 is 22.7 Å². The first kappa shape index (κ1) is 32.2. The Morgan fingerprint density at radius 1 is 0.884 bits per heavy atom. The molecular formula is C32H35FO8S2. The average Bonchev–Trinajstić information content (AvgIpc) is 3.59. The molecule has 4 rings (SSSR count). The summed E-state index contributed by atoms with van der Waals surface area (Å²) in [7, 11) is 2.99. The van der Waals surface area contributed by atoms with Crippen molar-refractivity contribution in [2.75, 3.05) is 27.4 Å². The highest BCUT2D eigenvalue weighted by atomic mass is 32.1. The van der Waals surface area contributed by atoms with Gasteiger partial charge < -0.3 is 24.1 Å². The van der Waals surface area contributed by atoms with Crippen LogP contribution in [0.2, 0.25) is 0 Å². The molecule has 0 fully saturated rings. The second kappa shape index (κ2) is 14.2. The van der Waals surface area contributed by atoms with E-state index in [9.17, 15) is 14.4 Å². The van der Waals surface area contributed by atoms with Crippen molar-refractivity contribution in [1.29, 1.82) is 0 Å². The summed E-state index contributed by atoms with van der Waals surface area (Å²) in [5, 5.41) is 10.4. The number of ketones is 2. The maximum Gasteiger partial charge on any atom is 0.306 e. The van der Waals surface area contributed by atoms with Gasteiger partial charge in [0.15, 0.2) is 34.6 Å². The molecule has 2 atom stereocenters. The van der Waals surface area contributed by atoms with E-state index in [-0.39, 0.29) is 52.3 Å². The van der Waals surface area contributed by atoms with Gasteiger partial charge in [0.2, 0.25) is 0 Å². The fraction of sp³-hybridized carbons (Fsp3) is 0.406. The predicted molar refractivity (Wildman–Crippen MR) is 166 cm³/mol. The second-order valence-electron chi connectivity index (χ2n) is 10.5. The van der Waals surface area contributed by atoms with Crippen molar-refractivity contribution in [2.24, 2.45) is 11.8 Å². The van der Waals surface area contributed by atoms with Crippen LogP contribution in [0.4, 0.5) is 4.39 Å². The number of carboxylic acid groups (broad SMARTS) is 1. The average molecular weight is 631 g/mol. The van der Waals surface area contributed by atoms with E-state index in [1.165, 1.54) is 25.0 Å². The molecule has 1 N–H and O–H groups in total. The Kier molecular flexibility index (Phi) is 10.6. The molecule has 0 radical (unpaired) electrons. The highest BCUT2D eigenvalue weighted by molar-refractivity contribution is 7.21. The molecule has 0 aliphatic rings. The van der Waals surface area contributed by atoms with Crippen LogP contribution in [0.25, 0.3) is 20.2 Å². The molecule has 2 aromatic heterocycles. The van der Waals surface area contributed by atoms with Crippen LogP contribution in [-0.4, -0.2) is 50.1 Å². The molecule has 2 aromatic carbocycles. The van der Waals surface area contributed by atoms with Crippen molar-refractivity contribution in [3.63, 3.8) is 0 Å². The summed E-state index contributed by atoms with van der Waals surface area (Å²) in [6.45, 7) is 5.47. The van der Waals surface area contributed by atoms with Crippen LogP contribution in [0.15, 0.2) is 30.3 Å². The van der Waals surface area contributed by atoms with Crippen LogP contribution in [0, 0.1) is 17.7 Å². The van der Waals surface area contributed by atoms with Crippen molar-refractivity contribution in [2.45, 2.75) is 46.5 Å². The van der Waals surface area contributed by atoms with Gasteiger partial charge in [-0.15, -0.1) is 22.7 Å². The highest BCUT2D eigenvalue weighted by Gasteiger charge is 2.23. The standard InChI is InChI=1S/C32H35FO8S2/c1-17(19(3)34)7-8-21-12-20-13-25(24(38-4)15-27(20)42-21)40-9-6-10-41-31-26(39-5)16-28-22(30(31)33)14-29(43-28)23(35)11-18(2)32(36)37/h12-18H,6-11H2,1-5H3,(H,36,37)/t17-,18-/m0/s1. The number of fused-ring (bicyclic) bond motifs is 2. The quantitative estimate of drug-likeness (QED) is 0.0998. The molecule has 0 spiro atoms. The van der Waals surface area contributed by atoms with Gasteiger partial charge >= 0.3 is 5.97 Å². The van der Waals surface area contributed by atoms with E-state index < -0.39 is 17.7 Å². The topological polar surface area (TPSA) is 108 Å². The lowest BCUT2D eigenvalue weighted by Crippen LogP contribution is -2.13. The summed E-state index contributed by atoms with van der Waals surface area (Å²) < 4.78 is 39.7. The van der Waals surface area contributed by atoms with Gasteiger partial charge in [-0.2, -0.15) is 0 Å².